The average Bonchev–Trinajstić information content (AvgIpc) is 2.73. The molecule has 2 aromatic rings. The zero-order valence-electron chi connectivity index (χ0n) is 15.9. The van der Waals surface area contributed by atoms with E-state index >= 15 is 0 Å². The van der Waals surface area contributed by atoms with E-state index < -0.39 is 37.1 Å². The summed E-state index contributed by atoms with van der Waals surface area (Å²) in [5.74, 6) is 0. The standard InChI is InChI=1S/C21H24ClNO6/c1-28-23-10-13-4-2-12(3-5-13)8-15-9-14(6-7-16(15)22)21-20(27)19(26)18(25)17(11-24)29-21/h2-7,9-10,17-21,24-27H,8,11H2,1H3. The number of ether oxygens (including phenoxy) is 1. The summed E-state index contributed by atoms with van der Waals surface area (Å²) in [4.78, 5) is 4.67. The summed E-state index contributed by atoms with van der Waals surface area (Å²) in [6, 6.07) is 12.9. The summed E-state index contributed by atoms with van der Waals surface area (Å²) in [6.45, 7) is -0.472. The van der Waals surface area contributed by atoms with Crippen molar-refractivity contribution < 1.29 is 30.0 Å². The molecule has 0 aromatic heterocycles. The minimum absolute atomic E-state index is 0.472. The fourth-order valence-corrected chi connectivity index (χ4v) is 3.52. The molecule has 29 heavy (non-hydrogen) atoms. The Balaban J connectivity index is 1.81. The van der Waals surface area contributed by atoms with E-state index in [-0.39, 0.29) is 0 Å². The Hall–Kier alpha value is -2.00. The summed E-state index contributed by atoms with van der Waals surface area (Å²) in [5.41, 5.74) is 3.34. The van der Waals surface area contributed by atoms with Crippen LogP contribution in [0, 0.1) is 0 Å². The monoisotopic (exact) mass is 421 g/mol. The Morgan fingerprint density at radius 1 is 1.07 bits per heavy atom. The van der Waals surface area contributed by atoms with E-state index in [1.165, 1.54) is 7.11 Å². The number of benzene rings is 2. The van der Waals surface area contributed by atoms with Gasteiger partial charge in [-0.05, 0) is 34.7 Å². The fourth-order valence-electron chi connectivity index (χ4n) is 3.34. The average molecular weight is 422 g/mol. The van der Waals surface area contributed by atoms with E-state index in [1.54, 1.807) is 24.4 Å². The molecular weight excluding hydrogens is 398 g/mol. The number of nitrogens with zero attached hydrogens (tertiary/aromatic N) is 1. The van der Waals surface area contributed by atoms with Crippen molar-refractivity contribution in [3.05, 3.63) is 69.7 Å². The van der Waals surface area contributed by atoms with Gasteiger partial charge >= 0.3 is 0 Å². The van der Waals surface area contributed by atoms with Crippen molar-refractivity contribution in [3.63, 3.8) is 0 Å². The molecular formula is C21H24ClNO6. The molecule has 0 aliphatic carbocycles. The van der Waals surface area contributed by atoms with Crippen LogP contribution in [-0.2, 0) is 16.0 Å². The zero-order valence-corrected chi connectivity index (χ0v) is 16.6. The smallest absolute Gasteiger partial charge is 0.113 e. The van der Waals surface area contributed by atoms with E-state index in [9.17, 15) is 20.4 Å². The number of oxime groups is 1. The van der Waals surface area contributed by atoms with E-state index in [0.29, 0.717) is 17.0 Å². The van der Waals surface area contributed by atoms with Crippen molar-refractivity contribution in [2.24, 2.45) is 5.16 Å². The molecule has 0 bridgehead atoms. The van der Waals surface area contributed by atoms with Gasteiger partial charge in [-0.2, -0.15) is 0 Å². The SMILES string of the molecule is CON=Cc1ccc(Cc2cc(C3OC(CO)C(O)C(O)C3O)ccc2Cl)cc1. The van der Waals surface area contributed by atoms with Gasteiger partial charge in [0.05, 0.1) is 12.8 Å². The van der Waals surface area contributed by atoms with E-state index in [4.69, 9.17) is 16.3 Å². The van der Waals surface area contributed by atoms with Gasteiger partial charge in [-0.15, -0.1) is 0 Å². The summed E-state index contributed by atoms with van der Waals surface area (Å²) >= 11 is 6.36. The lowest BCUT2D eigenvalue weighted by atomic mass is 9.90. The number of hydrogen-bond acceptors (Lipinski definition) is 7. The molecule has 0 amide bonds. The highest BCUT2D eigenvalue weighted by Gasteiger charge is 2.43. The predicted molar refractivity (Wildman–Crippen MR) is 108 cm³/mol. The van der Waals surface area contributed by atoms with Crippen molar-refractivity contribution in [3.8, 4) is 0 Å². The van der Waals surface area contributed by atoms with Gasteiger partial charge in [-0.1, -0.05) is 53.2 Å². The molecule has 8 heteroatoms. The maximum Gasteiger partial charge on any atom is 0.113 e. The number of aliphatic hydroxyl groups excluding tert-OH is 4. The van der Waals surface area contributed by atoms with Crippen molar-refractivity contribution in [2.45, 2.75) is 36.9 Å². The quantitative estimate of drug-likeness (QED) is 0.414. The third kappa shape index (κ3) is 4.95. The third-order valence-corrected chi connectivity index (χ3v) is 5.34. The Morgan fingerprint density at radius 2 is 1.79 bits per heavy atom. The second-order valence-corrected chi connectivity index (χ2v) is 7.34. The van der Waals surface area contributed by atoms with Crippen molar-refractivity contribution in [1.82, 2.24) is 0 Å². The molecule has 7 nitrogen and oxygen atoms in total. The lowest BCUT2D eigenvalue weighted by Gasteiger charge is -2.40. The normalized spacial score (nSPS) is 27.3. The molecule has 2 aromatic carbocycles. The van der Waals surface area contributed by atoms with Crippen LogP contribution in [0.25, 0.3) is 0 Å². The van der Waals surface area contributed by atoms with Crippen molar-refractivity contribution in [1.29, 1.82) is 0 Å². The molecule has 1 aliphatic rings. The summed E-state index contributed by atoms with van der Waals surface area (Å²) in [5, 5.41) is 44.0. The second-order valence-electron chi connectivity index (χ2n) is 6.94. The molecule has 1 heterocycles. The molecule has 0 radical (unpaired) electrons. The topological polar surface area (TPSA) is 112 Å². The first-order valence-corrected chi connectivity index (χ1v) is 9.56. The Bertz CT molecular complexity index is 842. The Kier molecular flexibility index (Phi) is 7.23. The zero-order chi connectivity index (χ0) is 21.0. The minimum atomic E-state index is -1.42. The molecule has 5 atom stereocenters. The summed E-state index contributed by atoms with van der Waals surface area (Å²) < 4.78 is 5.64. The Morgan fingerprint density at radius 3 is 2.45 bits per heavy atom. The molecule has 5 unspecified atom stereocenters. The highest BCUT2D eigenvalue weighted by Crippen LogP contribution is 2.34. The van der Waals surface area contributed by atoms with Crippen LogP contribution in [0.15, 0.2) is 47.6 Å². The highest BCUT2D eigenvalue weighted by molar-refractivity contribution is 6.31. The van der Waals surface area contributed by atoms with Crippen molar-refractivity contribution in [2.75, 3.05) is 13.7 Å². The molecule has 1 saturated heterocycles. The van der Waals surface area contributed by atoms with Gasteiger partial charge < -0.3 is 30.0 Å². The van der Waals surface area contributed by atoms with Crippen molar-refractivity contribution >= 4 is 17.8 Å². The lowest BCUT2D eigenvalue weighted by Crippen LogP contribution is -2.55. The molecule has 3 rings (SSSR count). The van der Waals surface area contributed by atoms with Gasteiger partial charge in [-0.3, -0.25) is 0 Å². The predicted octanol–water partition coefficient (Wildman–Crippen LogP) is 1.43. The number of aliphatic hydroxyl groups is 4. The van der Waals surface area contributed by atoms with Crippen LogP contribution in [0.5, 0.6) is 0 Å². The summed E-state index contributed by atoms with van der Waals surface area (Å²) in [7, 11) is 1.48. The van der Waals surface area contributed by atoms with Crippen LogP contribution < -0.4 is 0 Å². The van der Waals surface area contributed by atoms with Crippen LogP contribution in [0.2, 0.25) is 5.02 Å². The number of rotatable bonds is 6. The maximum absolute atomic E-state index is 10.4. The van der Waals surface area contributed by atoms with Crippen LogP contribution in [0.1, 0.15) is 28.4 Å². The largest absolute Gasteiger partial charge is 0.399 e. The molecule has 0 spiro atoms. The molecule has 1 fully saturated rings. The van der Waals surface area contributed by atoms with E-state index in [0.717, 1.165) is 16.7 Å². The van der Waals surface area contributed by atoms with Gasteiger partial charge in [-0.25, -0.2) is 0 Å². The summed E-state index contributed by atoms with van der Waals surface area (Å²) in [6.07, 6.45) is -3.85. The maximum atomic E-state index is 10.4. The molecule has 156 valence electrons. The van der Waals surface area contributed by atoms with Crippen LogP contribution in [0.3, 0.4) is 0 Å². The van der Waals surface area contributed by atoms with Gasteiger partial charge in [0, 0.05) is 5.02 Å². The lowest BCUT2D eigenvalue weighted by molar-refractivity contribution is -0.231. The van der Waals surface area contributed by atoms with Crippen LogP contribution in [-0.4, -0.2) is 64.8 Å². The van der Waals surface area contributed by atoms with E-state index in [2.05, 4.69) is 9.99 Å². The van der Waals surface area contributed by atoms with Crippen LogP contribution >= 0.6 is 11.6 Å². The second kappa shape index (κ2) is 9.67. The van der Waals surface area contributed by atoms with Gasteiger partial charge in [0.15, 0.2) is 0 Å². The van der Waals surface area contributed by atoms with Gasteiger partial charge in [0.25, 0.3) is 0 Å². The first kappa shape index (κ1) is 21.7. The third-order valence-electron chi connectivity index (χ3n) is 4.97. The number of hydrogen-bond donors (Lipinski definition) is 4. The fraction of sp³-hybridized carbons (Fsp3) is 0.381. The highest BCUT2D eigenvalue weighted by atomic mass is 35.5. The molecule has 4 N–H and O–H groups in total. The Labute approximate surface area is 173 Å². The first-order chi connectivity index (χ1) is 13.9. The van der Waals surface area contributed by atoms with Gasteiger partial charge in [0.1, 0.15) is 37.6 Å². The molecule has 1 aliphatic heterocycles. The van der Waals surface area contributed by atoms with Crippen LogP contribution in [0.4, 0.5) is 0 Å². The van der Waals surface area contributed by atoms with E-state index in [1.807, 2.05) is 24.3 Å². The van der Waals surface area contributed by atoms with Gasteiger partial charge in [0.2, 0.25) is 0 Å². The number of halogens is 1. The first-order valence-electron chi connectivity index (χ1n) is 9.19. The minimum Gasteiger partial charge on any atom is -0.399 e. The molecule has 0 saturated carbocycles.